The van der Waals surface area contributed by atoms with Crippen molar-refractivity contribution in [1.29, 1.82) is 0 Å². The molecule has 1 aliphatic rings. The van der Waals surface area contributed by atoms with Gasteiger partial charge in [0.15, 0.2) is 5.78 Å². The van der Waals surface area contributed by atoms with Gasteiger partial charge in [0.1, 0.15) is 5.41 Å². The van der Waals surface area contributed by atoms with Crippen LogP contribution in [0.5, 0.6) is 0 Å². The lowest BCUT2D eigenvalue weighted by Gasteiger charge is -2.34. The van der Waals surface area contributed by atoms with Crippen LogP contribution in [-0.2, 0) is 25.5 Å². The number of methoxy groups -OCH3 is 1. The second-order valence-corrected chi connectivity index (χ2v) is 5.36. The molecule has 1 aromatic rings. The first-order valence-corrected chi connectivity index (χ1v) is 7.42. The van der Waals surface area contributed by atoms with Gasteiger partial charge in [0.2, 0.25) is 0 Å². The van der Waals surface area contributed by atoms with Crippen molar-refractivity contribution in [3.05, 3.63) is 35.4 Å². The van der Waals surface area contributed by atoms with E-state index in [0.29, 0.717) is 18.4 Å². The zero-order valence-corrected chi connectivity index (χ0v) is 12.9. The summed E-state index contributed by atoms with van der Waals surface area (Å²) in [5.41, 5.74) is 0.204. The number of esters is 2. The first-order valence-electron chi connectivity index (χ1n) is 7.42. The molecule has 0 spiro atoms. The van der Waals surface area contributed by atoms with Gasteiger partial charge >= 0.3 is 11.9 Å². The maximum absolute atomic E-state index is 12.9. The van der Waals surface area contributed by atoms with Gasteiger partial charge in [-0.15, -0.1) is 0 Å². The Bertz CT molecular complexity index is 592. The average Bonchev–Trinajstić information content (AvgIpc) is 2.54. The van der Waals surface area contributed by atoms with E-state index in [4.69, 9.17) is 4.74 Å². The smallest absolute Gasteiger partial charge is 0.320 e. The average molecular weight is 304 g/mol. The third kappa shape index (κ3) is 2.89. The van der Waals surface area contributed by atoms with E-state index >= 15 is 0 Å². The first kappa shape index (κ1) is 16.2. The van der Waals surface area contributed by atoms with Crippen LogP contribution < -0.4 is 0 Å². The summed E-state index contributed by atoms with van der Waals surface area (Å²) < 4.78 is 9.75. The van der Waals surface area contributed by atoms with E-state index in [9.17, 15) is 14.4 Å². The molecule has 0 aromatic heterocycles. The quantitative estimate of drug-likeness (QED) is 0.617. The van der Waals surface area contributed by atoms with E-state index in [0.717, 1.165) is 5.56 Å². The van der Waals surface area contributed by atoms with Gasteiger partial charge in [-0.3, -0.25) is 14.4 Å². The molecule has 5 heteroatoms. The molecule has 1 aliphatic carbocycles. The van der Waals surface area contributed by atoms with E-state index in [-0.39, 0.29) is 25.2 Å². The van der Waals surface area contributed by atoms with Crippen LogP contribution in [0.15, 0.2) is 24.3 Å². The van der Waals surface area contributed by atoms with Gasteiger partial charge in [0, 0.05) is 12.0 Å². The SMILES string of the molecule is CCOC(=O)[C@@]1(CCC(=O)OC)CCc2ccccc2C1=O. The highest BCUT2D eigenvalue weighted by Gasteiger charge is 2.49. The summed E-state index contributed by atoms with van der Waals surface area (Å²) in [6.45, 7) is 1.90. The minimum atomic E-state index is -1.28. The summed E-state index contributed by atoms with van der Waals surface area (Å²) in [4.78, 5) is 36.8. The highest BCUT2D eigenvalue weighted by Crippen LogP contribution is 2.40. The minimum Gasteiger partial charge on any atom is -0.469 e. The van der Waals surface area contributed by atoms with Crippen molar-refractivity contribution in [2.45, 2.75) is 32.6 Å². The third-order valence-corrected chi connectivity index (χ3v) is 4.17. The van der Waals surface area contributed by atoms with E-state index in [1.807, 2.05) is 12.1 Å². The fourth-order valence-corrected chi connectivity index (χ4v) is 2.90. The molecule has 22 heavy (non-hydrogen) atoms. The molecule has 1 aromatic carbocycles. The highest BCUT2D eigenvalue weighted by atomic mass is 16.5. The van der Waals surface area contributed by atoms with Crippen LogP contribution >= 0.6 is 0 Å². The number of rotatable bonds is 5. The summed E-state index contributed by atoms with van der Waals surface area (Å²) in [7, 11) is 1.29. The van der Waals surface area contributed by atoms with Crippen LogP contribution in [-0.4, -0.2) is 31.4 Å². The van der Waals surface area contributed by atoms with Gasteiger partial charge in [-0.1, -0.05) is 24.3 Å². The standard InChI is InChI=1S/C17H20O5/c1-3-22-16(20)17(11-9-14(18)21-2)10-8-12-6-4-5-7-13(12)15(17)19/h4-7H,3,8-11H2,1-2H3/t17-/m1/s1. The Morgan fingerprint density at radius 1 is 1.27 bits per heavy atom. The van der Waals surface area contributed by atoms with Gasteiger partial charge in [-0.05, 0) is 31.7 Å². The lowest BCUT2D eigenvalue weighted by atomic mass is 9.68. The molecule has 1 atom stereocenters. The predicted octanol–water partition coefficient (Wildman–Crippen LogP) is 2.32. The number of carbonyl (C=O) groups is 3. The molecular weight excluding hydrogens is 284 g/mol. The third-order valence-electron chi connectivity index (χ3n) is 4.17. The van der Waals surface area contributed by atoms with Crippen molar-refractivity contribution < 1.29 is 23.9 Å². The lowest BCUT2D eigenvalue weighted by molar-refractivity contribution is -0.154. The Kier molecular flexibility index (Phi) is 4.96. The van der Waals surface area contributed by atoms with E-state index < -0.39 is 17.4 Å². The Balaban J connectivity index is 2.35. The number of Topliss-reactive ketones (excluding diaryl/α,β-unsaturated/α-hetero) is 1. The second-order valence-electron chi connectivity index (χ2n) is 5.36. The summed E-state index contributed by atoms with van der Waals surface area (Å²) in [5.74, 6) is -1.23. The number of carbonyl (C=O) groups excluding carboxylic acids is 3. The van der Waals surface area contributed by atoms with Crippen molar-refractivity contribution in [3.63, 3.8) is 0 Å². The first-order chi connectivity index (χ1) is 10.5. The van der Waals surface area contributed by atoms with Crippen LogP contribution in [0.4, 0.5) is 0 Å². The predicted molar refractivity (Wildman–Crippen MR) is 79.4 cm³/mol. The zero-order chi connectivity index (χ0) is 16.2. The molecule has 0 saturated heterocycles. The van der Waals surface area contributed by atoms with Crippen molar-refractivity contribution in [1.82, 2.24) is 0 Å². The molecule has 0 unspecified atom stereocenters. The molecule has 5 nitrogen and oxygen atoms in total. The van der Waals surface area contributed by atoms with Crippen LogP contribution in [0, 0.1) is 5.41 Å². The molecule has 0 bridgehead atoms. The fourth-order valence-electron chi connectivity index (χ4n) is 2.90. The molecule has 0 radical (unpaired) electrons. The van der Waals surface area contributed by atoms with Crippen LogP contribution in [0.3, 0.4) is 0 Å². The maximum Gasteiger partial charge on any atom is 0.320 e. The molecular formula is C17H20O5. The van der Waals surface area contributed by atoms with Crippen molar-refractivity contribution in [3.8, 4) is 0 Å². The largest absolute Gasteiger partial charge is 0.469 e. The van der Waals surface area contributed by atoms with Crippen LogP contribution in [0.25, 0.3) is 0 Å². The number of fused-ring (bicyclic) bond motifs is 1. The number of aryl methyl sites for hydroxylation is 1. The van der Waals surface area contributed by atoms with Crippen molar-refractivity contribution >= 4 is 17.7 Å². The maximum atomic E-state index is 12.9. The van der Waals surface area contributed by atoms with Gasteiger partial charge in [0.25, 0.3) is 0 Å². The summed E-state index contributed by atoms with van der Waals surface area (Å²) in [6.07, 6.45) is 1.11. The highest BCUT2D eigenvalue weighted by molar-refractivity contribution is 6.14. The van der Waals surface area contributed by atoms with Gasteiger partial charge in [-0.2, -0.15) is 0 Å². The molecule has 0 saturated carbocycles. The van der Waals surface area contributed by atoms with Crippen molar-refractivity contribution in [2.75, 3.05) is 13.7 Å². The van der Waals surface area contributed by atoms with Gasteiger partial charge < -0.3 is 9.47 Å². The summed E-state index contributed by atoms with van der Waals surface area (Å²) in [6, 6.07) is 7.27. The number of ketones is 1. The number of benzene rings is 1. The van der Waals surface area contributed by atoms with Crippen molar-refractivity contribution in [2.24, 2.45) is 5.41 Å². The Hall–Kier alpha value is -2.17. The molecule has 2 rings (SSSR count). The molecule has 118 valence electrons. The molecule has 0 aliphatic heterocycles. The Morgan fingerprint density at radius 2 is 2.00 bits per heavy atom. The zero-order valence-electron chi connectivity index (χ0n) is 12.9. The number of hydrogen-bond acceptors (Lipinski definition) is 5. The molecule has 0 N–H and O–H groups in total. The molecule has 0 amide bonds. The Labute approximate surface area is 129 Å². The van der Waals surface area contributed by atoms with Crippen LogP contribution in [0.1, 0.15) is 42.1 Å². The van der Waals surface area contributed by atoms with Gasteiger partial charge in [-0.25, -0.2) is 0 Å². The minimum absolute atomic E-state index is 0.0171. The number of hydrogen-bond donors (Lipinski definition) is 0. The normalized spacial score (nSPS) is 20.2. The van der Waals surface area contributed by atoms with E-state index in [1.165, 1.54) is 7.11 Å². The van der Waals surface area contributed by atoms with Crippen LogP contribution in [0.2, 0.25) is 0 Å². The van der Waals surface area contributed by atoms with E-state index in [2.05, 4.69) is 4.74 Å². The lowest BCUT2D eigenvalue weighted by Crippen LogP contribution is -2.44. The molecule has 0 heterocycles. The number of ether oxygens (including phenoxy) is 2. The van der Waals surface area contributed by atoms with E-state index in [1.54, 1.807) is 19.1 Å². The van der Waals surface area contributed by atoms with Gasteiger partial charge in [0.05, 0.1) is 13.7 Å². The monoisotopic (exact) mass is 304 g/mol. The topological polar surface area (TPSA) is 69.7 Å². The Morgan fingerprint density at radius 3 is 2.68 bits per heavy atom. The fraction of sp³-hybridized carbons (Fsp3) is 0.471. The summed E-state index contributed by atoms with van der Waals surface area (Å²) in [5, 5.41) is 0. The second kappa shape index (κ2) is 6.73. The summed E-state index contributed by atoms with van der Waals surface area (Å²) >= 11 is 0. The molecule has 0 fully saturated rings.